The third-order valence-electron chi connectivity index (χ3n) is 3.65. The van der Waals surface area contributed by atoms with Crippen LogP contribution in [0.4, 0.5) is 16.5 Å². The van der Waals surface area contributed by atoms with E-state index in [1.165, 1.54) is 17.0 Å². The molecule has 0 radical (unpaired) electrons. The molecule has 0 aliphatic heterocycles. The van der Waals surface area contributed by atoms with Crippen LogP contribution in [-0.2, 0) is 13.6 Å². The lowest BCUT2D eigenvalue weighted by atomic mass is 10.2. The highest BCUT2D eigenvalue weighted by Gasteiger charge is 2.07. The molecule has 0 unspecified atom stereocenters. The van der Waals surface area contributed by atoms with Crippen LogP contribution in [-0.4, -0.2) is 27.9 Å². The fraction of sp³-hybridized carbons (Fsp3) is 0.312. The van der Waals surface area contributed by atoms with Crippen LogP contribution in [0.25, 0.3) is 0 Å². The van der Waals surface area contributed by atoms with Gasteiger partial charge in [-0.3, -0.25) is 0 Å². The summed E-state index contributed by atoms with van der Waals surface area (Å²) in [6.45, 7) is 5.03. The van der Waals surface area contributed by atoms with Gasteiger partial charge in [-0.25, -0.2) is 9.13 Å². The van der Waals surface area contributed by atoms with Crippen LogP contribution < -0.4 is 9.47 Å². The second kappa shape index (κ2) is 7.78. The van der Waals surface area contributed by atoms with E-state index in [4.69, 9.17) is 0 Å². The number of aryl methyl sites for hydroxylation is 1. The Morgan fingerprint density at radius 3 is 2.71 bits per heavy atom. The molecule has 24 heavy (non-hydrogen) atoms. The predicted octanol–water partition coefficient (Wildman–Crippen LogP) is 3.11. The molecule has 1 aromatic carbocycles. The highest BCUT2D eigenvalue weighted by Crippen LogP contribution is 2.22. The second-order valence-electron chi connectivity index (χ2n) is 5.33. The van der Waals surface area contributed by atoms with Gasteiger partial charge in [0.05, 0.1) is 19.3 Å². The molecule has 0 aliphatic carbocycles. The van der Waals surface area contributed by atoms with Gasteiger partial charge >= 0.3 is 0 Å². The first-order valence-electron chi connectivity index (χ1n) is 7.78. The SMILES string of the molecule is CCN(CCn1cc[n+](C)c1)c1ccc(/N=N/c2nncs2)cc1. The predicted molar refractivity (Wildman–Crippen MR) is 94.0 cm³/mol. The van der Waals surface area contributed by atoms with E-state index in [0.29, 0.717) is 5.13 Å². The first-order valence-corrected chi connectivity index (χ1v) is 8.66. The van der Waals surface area contributed by atoms with Crippen LogP contribution in [0.1, 0.15) is 6.92 Å². The molecular formula is C16H20N7S+. The van der Waals surface area contributed by atoms with E-state index in [9.17, 15) is 0 Å². The highest BCUT2D eigenvalue weighted by atomic mass is 32.1. The summed E-state index contributed by atoms with van der Waals surface area (Å²) in [7, 11) is 2.03. The summed E-state index contributed by atoms with van der Waals surface area (Å²) in [5.74, 6) is 0. The van der Waals surface area contributed by atoms with Crippen molar-refractivity contribution in [1.29, 1.82) is 0 Å². The summed E-state index contributed by atoms with van der Waals surface area (Å²) >= 11 is 1.37. The molecular weight excluding hydrogens is 322 g/mol. The number of benzene rings is 1. The lowest BCUT2D eigenvalue weighted by Crippen LogP contribution is -2.28. The van der Waals surface area contributed by atoms with Gasteiger partial charge in [-0.15, -0.1) is 20.4 Å². The van der Waals surface area contributed by atoms with Gasteiger partial charge < -0.3 is 4.90 Å². The number of anilines is 1. The van der Waals surface area contributed by atoms with E-state index in [2.05, 4.69) is 61.5 Å². The zero-order valence-electron chi connectivity index (χ0n) is 13.8. The Morgan fingerprint density at radius 1 is 1.25 bits per heavy atom. The first kappa shape index (κ1) is 16.3. The molecule has 124 valence electrons. The van der Waals surface area contributed by atoms with Crippen molar-refractivity contribution in [1.82, 2.24) is 14.8 Å². The molecule has 2 heterocycles. The number of hydrogen-bond donors (Lipinski definition) is 0. The van der Waals surface area contributed by atoms with Gasteiger partial charge in [-0.1, -0.05) is 11.3 Å². The van der Waals surface area contributed by atoms with E-state index in [1.807, 2.05) is 29.9 Å². The quantitative estimate of drug-likeness (QED) is 0.489. The van der Waals surface area contributed by atoms with Gasteiger partial charge in [0.15, 0.2) is 0 Å². The van der Waals surface area contributed by atoms with Crippen LogP contribution in [0.2, 0.25) is 0 Å². The van der Waals surface area contributed by atoms with Crippen LogP contribution in [0.15, 0.2) is 58.7 Å². The molecule has 0 spiro atoms. The Labute approximate surface area is 144 Å². The van der Waals surface area contributed by atoms with Crippen LogP contribution >= 0.6 is 11.3 Å². The van der Waals surface area contributed by atoms with E-state index in [0.717, 1.165) is 25.3 Å². The zero-order valence-corrected chi connectivity index (χ0v) is 14.6. The Bertz CT molecular complexity index is 777. The smallest absolute Gasteiger partial charge is 0.251 e. The minimum atomic E-state index is 0.564. The van der Waals surface area contributed by atoms with Crippen LogP contribution in [0.3, 0.4) is 0 Å². The van der Waals surface area contributed by atoms with Crippen molar-refractivity contribution in [3.63, 3.8) is 0 Å². The molecule has 0 amide bonds. The van der Waals surface area contributed by atoms with Crippen molar-refractivity contribution in [2.24, 2.45) is 17.3 Å². The molecule has 0 saturated carbocycles. The summed E-state index contributed by atoms with van der Waals surface area (Å²) in [6.07, 6.45) is 6.23. The third-order valence-corrected chi connectivity index (χ3v) is 4.22. The summed E-state index contributed by atoms with van der Waals surface area (Å²) in [4.78, 5) is 2.34. The molecule has 7 nitrogen and oxygen atoms in total. The Kier molecular flexibility index (Phi) is 5.27. The molecule has 0 N–H and O–H groups in total. The van der Waals surface area contributed by atoms with Crippen molar-refractivity contribution < 1.29 is 4.57 Å². The Hall–Kier alpha value is -2.61. The molecule has 0 saturated heterocycles. The minimum absolute atomic E-state index is 0.564. The number of nitrogens with zero attached hydrogens (tertiary/aromatic N) is 7. The third kappa shape index (κ3) is 4.23. The second-order valence-corrected chi connectivity index (χ2v) is 6.15. The summed E-state index contributed by atoms with van der Waals surface area (Å²) in [5.41, 5.74) is 3.63. The first-order chi connectivity index (χ1) is 11.7. The van der Waals surface area contributed by atoms with Crippen molar-refractivity contribution in [3.8, 4) is 0 Å². The van der Waals surface area contributed by atoms with Crippen LogP contribution in [0, 0.1) is 0 Å². The zero-order chi connectivity index (χ0) is 16.8. The largest absolute Gasteiger partial charge is 0.368 e. The standard InChI is InChI=1S/C16H20N7S/c1-3-23(11-10-22-9-8-21(2)13-22)15-6-4-14(5-7-15)18-20-16-19-17-12-24-16/h4-9,12-13H,3,10-11H2,1-2H3/q+1/b20-18+. The van der Waals surface area contributed by atoms with E-state index in [1.54, 1.807) is 5.51 Å². The van der Waals surface area contributed by atoms with Crippen LogP contribution in [0.5, 0.6) is 0 Å². The van der Waals surface area contributed by atoms with Crippen molar-refractivity contribution >= 4 is 27.8 Å². The summed E-state index contributed by atoms with van der Waals surface area (Å²) in [6, 6.07) is 8.09. The normalized spacial score (nSPS) is 11.2. The Morgan fingerprint density at radius 2 is 2.08 bits per heavy atom. The fourth-order valence-electron chi connectivity index (χ4n) is 2.38. The fourth-order valence-corrected chi connectivity index (χ4v) is 2.75. The monoisotopic (exact) mass is 342 g/mol. The van der Waals surface area contributed by atoms with Gasteiger partial charge in [-0.05, 0) is 31.2 Å². The molecule has 0 bridgehead atoms. The molecule has 0 fully saturated rings. The molecule has 0 aliphatic rings. The number of rotatable bonds is 7. The maximum Gasteiger partial charge on any atom is 0.251 e. The van der Waals surface area contributed by atoms with Crippen molar-refractivity contribution in [2.45, 2.75) is 13.5 Å². The van der Waals surface area contributed by atoms with Crippen molar-refractivity contribution in [2.75, 3.05) is 18.0 Å². The van der Waals surface area contributed by atoms with Gasteiger partial charge in [0.2, 0.25) is 6.33 Å². The average Bonchev–Trinajstić information content (AvgIpc) is 3.26. The number of aromatic nitrogens is 4. The van der Waals surface area contributed by atoms with E-state index >= 15 is 0 Å². The minimum Gasteiger partial charge on any atom is -0.368 e. The van der Waals surface area contributed by atoms with Gasteiger partial charge in [0.25, 0.3) is 5.13 Å². The number of likely N-dealkylation sites (N-methyl/N-ethyl adjacent to an activating group) is 1. The topological polar surface area (TPSA) is 62.5 Å². The van der Waals surface area contributed by atoms with Crippen molar-refractivity contribution in [3.05, 3.63) is 48.5 Å². The molecule has 3 rings (SSSR count). The highest BCUT2D eigenvalue weighted by molar-refractivity contribution is 7.13. The lowest BCUT2D eigenvalue weighted by molar-refractivity contribution is -0.671. The molecule has 3 aromatic rings. The molecule has 8 heteroatoms. The lowest BCUT2D eigenvalue weighted by Gasteiger charge is -2.22. The Balaban J connectivity index is 1.62. The molecule has 0 atom stereocenters. The molecule has 2 aromatic heterocycles. The van der Waals surface area contributed by atoms with Gasteiger partial charge in [0, 0.05) is 12.2 Å². The number of hydrogen-bond acceptors (Lipinski definition) is 6. The van der Waals surface area contributed by atoms with E-state index in [-0.39, 0.29) is 0 Å². The summed E-state index contributed by atoms with van der Waals surface area (Å²) in [5, 5.41) is 16.4. The summed E-state index contributed by atoms with van der Waals surface area (Å²) < 4.78 is 4.24. The average molecular weight is 342 g/mol. The van der Waals surface area contributed by atoms with Gasteiger partial charge in [-0.2, -0.15) is 0 Å². The van der Waals surface area contributed by atoms with E-state index < -0.39 is 0 Å². The van der Waals surface area contributed by atoms with Gasteiger partial charge in [0.1, 0.15) is 24.4 Å². The number of imidazole rings is 1. The number of azo groups is 1. The maximum absolute atomic E-state index is 4.18. The maximum atomic E-state index is 4.18.